The number of anilines is 1. The SMILES string of the molecule is C=C(C(=O)O)C1=C(N(C)c2ccc(C(F)(F)F)cc2CN(C)S)CCC(C)(C)C1. The monoisotopic (exact) mass is 428 g/mol. The number of carboxylic acids is 1. The highest BCUT2D eigenvalue weighted by molar-refractivity contribution is 7.77. The molecule has 160 valence electrons. The van der Waals surface area contributed by atoms with E-state index in [1.54, 1.807) is 19.0 Å². The van der Waals surface area contributed by atoms with Crippen LogP contribution >= 0.6 is 12.8 Å². The third-order valence-electron chi connectivity index (χ3n) is 5.24. The number of hydrogen-bond acceptors (Lipinski definition) is 4. The first-order valence-electron chi connectivity index (χ1n) is 9.21. The largest absolute Gasteiger partial charge is 0.478 e. The first-order chi connectivity index (χ1) is 13.2. The molecule has 29 heavy (non-hydrogen) atoms. The van der Waals surface area contributed by atoms with Gasteiger partial charge in [-0.1, -0.05) is 33.2 Å². The van der Waals surface area contributed by atoms with Gasteiger partial charge in [0.15, 0.2) is 0 Å². The van der Waals surface area contributed by atoms with Crippen molar-refractivity contribution in [3.05, 3.63) is 52.7 Å². The molecule has 0 saturated carbocycles. The molecule has 0 amide bonds. The van der Waals surface area contributed by atoms with Gasteiger partial charge in [0.1, 0.15) is 0 Å². The lowest BCUT2D eigenvalue weighted by Crippen LogP contribution is -2.29. The molecule has 1 aromatic rings. The Morgan fingerprint density at radius 1 is 1.31 bits per heavy atom. The maximum atomic E-state index is 13.2. The maximum Gasteiger partial charge on any atom is 0.416 e. The van der Waals surface area contributed by atoms with Gasteiger partial charge in [0.05, 0.1) is 11.1 Å². The molecule has 0 atom stereocenters. The molecule has 1 aliphatic rings. The number of thiol groups is 1. The number of rotatable bonds is 6. The molecule has 8 heteroatoms. The van der Waals surface area contributed by atoms with Gasteiger partial charge in [0.25, 0.3) is 0 Å². The Morgan fingerprint density at radius 3 is 2.45 bits per heavy atom. The van der Waals surface area contributed by atoms with Crippen LogP contribution in [0, 0.1) is 5.41 Å². The fraction of sp³-hybridized carbons (Fsp3) is 0.476. The van der Waals surface area contributed by atoms with Crippen LogP contribution in [0.1, 0.15) is 44.2 Å². The first kappa shape index (κ1) is 23.3. The Bertz CT molecular complexity index is 845. The summed E-state index contributed by atoms with van der Waals surface area (Å²) in [6.07, 6.45) is -2.45. The summed E-state index contributed by atoms with van der Waals surface area (Å²) in [5.41, 5.74) is 1.68. The molecule has 0 radical (unpaired) electrons. The number of carboxylic acid groups (broad SMARTS) is 1. The van der Waals surface area contributed by atoms with E-state index in [2.05, 4.69) is 33.2 Å². The van der Waals surface area contributed by atoms with Crippen LogP contribution in [0.15, 0.2) is 41.6 Å². The fourth-order valence-corrected chi connectivity index (χ4v) is 3.82. The highest BCUT2D eigenvalue weighted by atomic mass is 32.1. The number of halogens is 3. The number of carbonyl (C=O) groups is 1. The summed E-state index contributed by atoms with van der Waals surface area (Å²) in [6, 6.07) is 3.60. The maximum absolute atomic E-state index is 13.2. The summed E-state index contributed by atoms with van der Waals surface area (Å²) in [7, 11) is 3.42. The van der Waals surface area contributed by atoms with Gasteiger partial charge in [-0.05, 0) is 61.1 Å². The lowest BCUT2D eigenvalue weighted by atomic mass is 9.74. The van der Waals surface area contributed by atoms with Crippen molar-refractivity contribution in [2.45, 2.75) is 45.8 Å². The highest BCUT2D eigenvalue weighted by Gasteiger charge is 2.34. The Labute approximate surface area is 175 Å². The molecule has 2 rings (SSSR count). The minimum absolute atomic E-state index is 0.0272. The third-order valence-corrected chi connectivity index (χ3v) is 5.38. The number of allylic oxidation sites excluding steroid dienone is 1. The number of nitrogens with zero attached hydrogens (tertiary/aromatic N) is 2. The molecule has 0 fully saturated rings. The molecule has 1 aliphatic carbocycles. The second-order valence-corrected chi connectivity index (χ2v) is 8.95. The van der Waals surface area contributed by atoms with E-state index in [4.69, 9.17) is 0 Å². The molecule has 1 aromatic carbocycles. The fourth-order valence-electron chi connectivity index (χ4n) is 3.66. The van der Waals surface area contributed by atoms with Crippen LogP contribution in [0.2, 0.25) is 0 Å². The molecular weight excluding hydrogens is 401 g/mol. The van der Waals surface area contributed by atoms with Gasteiger partial charge in [-0.15, -0.1) is 0 Å². The lowest BCUT2D eigenvalue weighted by Gasteiger charge is -2.38. The quantitative estimate of drug-likeness (QED) is 0.462. The molecule has 4 nitrogen and oxygen atoms in total. The predicted octanol–water partition coefficient (Wildman–Crippen LogP) is 5.52. The molecule has 0 aliphatic heterocycles. The normalized spacial score (nSPS) is 16.9. The van der Waals surface area contributed by atoms with Crippen molar-refractivity contribution >= 4 is 24.5 Å². The van der Waals surface area contributed by atoms with Gasteiger partial charge in [0, 0.05) is 25.0 Å². The smallest absolute Gasteiger partial charge is 0.416 e. The van der Waals surface area contributed by atoms with Gasteiger partial charge in [-0.2, -0.15) is 13.2 Å². The minimum Gasteiger partial charge on any atom is -0.478 e. The standard InChI is InChI=1S/C21H27F3N2O2S/c1-13(19(27)28)16-11-20(2,3)9-8-18(16)26(5)17-7-6-15(21(22,23)24)10-14(17)12-25(4)29/h6-7,10,29H,1,8-9,11-12H2,2-5H3,(H,27,28). The zero-order valence-corrected chi connectivity index (χ0v) is 18.0. The topological polar surface area (TPSA) is 43.8 Å². The molecule has 0 bridgehead atoms. The summed E-state index contributed by atoms with van der Waals surface area (Å²) in [4.78, 5) is 13.4. The Balaban J connectivity index is 2.59. The van der Waals surface area contributed by atoms with Crippen LogP contribution in [0.4, 0.5) is 18.9 Å². The van der Waals surface area contributed by atoms with E-state index in [-0.39, 0.29) is 17.5 Å². The van der Waals surface area contributed by atoms with Crippen LogP contribution in [0.3, 0.4) is 0 Å². The van der Waals surface area contributed by atoms with Crippen molar-refractivity contribution in [3.8, 4) is 0 Å². The average Bonchev–Trinajstić information content (AvgIpc) is 2.58. The van der Waals surface area contributed by atoms with Gasteiger partial charge in [-0.25, -0.2) is 4.79 Å². The number of alkyl halides is 3. The van der Waals surface area contributed by atoms with E-state index in [1.807, 2.05) is 0 Å². The molecule has 0 unspecified atom stereocenters. The van der Waals surface area contributed by atoms with Crippen LogP contribution in [-0.2, 0) is 17.5 Å². The third kappa shape index (κ3) is 5.57. The molecule has 0 spiro atoms. The van der Waals surface area contributed by atoms with Gasteiger partial charge >= 0.3 is 12.1 Å². The van der Waals surface area contributed by atoms with Crippen LogP contribution in [0.5, 0.6) is 0 Å². The number of aliphatic carboxylic acids is 1. The summed E-state index contributed by atoms with van der Waals surface area (Å²) >= 11 is 4.19. The second-order valence-electron chi connectivity index (χ2n) is 8.27. The zero-order valence-electron chi connectivity index (χ0n) is 17.1. The van der Waals surface area contributed by atoms with E-state index in [9.17, 15) is 23.1 Å². The number of hydrogen-bond donors (Lipinski definition) is 2. The Morgan fingerprint density at radius 2 is 1.93 bits per heavy atom. The van der Waals surface area contributed by atoms with Gasteiger partial charge < -0.3 is 10.0 Å². The summed E-state index contributed by atoms with van der Waals surface area (Å²) in [6.45, 7) is 8.06. The predicted molar refractivity (Wildman–Crippen MR) is 112 cm³/mol. The van der Waals surface area contributed by atoms with E-state index in [0.29, 0.717) is 29.7 Å². The molecule has 0 heterocycles. The summed E-state index contributed by atoms with van der Waals surface area (Å²) in [5, 5.41) is 9.48. The van der Waals surface area contributed by atoms with E-state index >= 15 is 0 Å². The molecule has 1 N–H and O–H groups in total. The Hall–Kier alpha value is -1.93. The summed E-state index contributed by atoms with van der Waals surface area (Å²) in [5.74, 6) is -1.09. The minimum atomic E-state index is -4.45. The summed E-state index contributed by atoms with van der Waals surface area (Å²) < 4.78 is 41.1. The van der Waals surface area contributed by atoms with E-state index in [0.717, 1.165) is 24.3 Å². The number of benzene rings is 1. The average molecular weight is 429 g/mol. The van der Waals surface area contributed by atoms with Crippen molar-refractivity contribution < 1.29 is 23.1 Å². The van der Waals surface area contributed by atoms with Gasteiger partial charge in [0.2, 0.25) is 0 Å². The highest BCUT2D eigenvalue weighted by Crippen LogP contribution is 2.43. The van der Waals surface area contributed by atoms with Crippen molar-refractivity contribution in [1.29, 1.82) is 0 Å². The van der Waals surface area contributed by atoms with Crippen LogP contribution < -0.4 is 4.90 Å². The molecule has 0 saturated heterocycles. The lowest BCUT2D eigenvalue weighted by molar-refractivity contribution is -0.137. The van der Waals surface area contributed by atoms with Crippen LogP contribution in [0.25, 0.3) is 0 Å². The van der Waals surface area contributed by atoms with Crippen molar-refractivity contribution in [2.75, 3.05) is 19.0 Å². The molecule has 0 aromatic heterocycles. The van der Waals surface area contributed by atoms with Crippen molar-refractivity contribution in [1.82, 2.24) is 4.31 Å². The Kier molecular flexibility index (Phi) is 6.79. The zero-order chi connectivity index (χ0) is 22.1. The molecular formula is C21H27F3N2O2S. The van der Waals surface area contributed by atoms with E-state index < -0.39 is 17.7 Å². The second kappa shape index (κ2) is 8.44. The van der Waals surface area contributed by atoms with Gasteiger partial charge in [-0.3, -0.25) is 4.31 Å². The first-order valence-corrected chi connectivity index (χ1v) is 9.61. The van der Waals surface area contributed by atoms with Crippen molar-refractivity contribution in [3.63, 3.8) is 0 Å². The van der Waals surface area contributed by atoms with Crippen LogP contribution in [-0.4, -0.2) is 29.5 Å². The van der Waals surface area contributed by atoms with E-state index in [1.165, 1.54) is 10.4 Å². The van der Waals surface area contributed by atoms with Crippen molar-refractivity contribution in [2.24, 2.45) is 5.41 Å².